The molecule has 1 aliphatic rings. The van der Waals surface area contributed by atoms with Crippen molar-refractivity contribution in [1.82, 2.24) is 4.90 Å². The molecule has 0 spiro atoms. The van der Waals surface area contributed by atoms with E-state index in [0.717, 1.165) is 38.4 Å². The molecule has 118 valence electrons. The van der Waals surface area contributed by atoms with E-state index < -0.39 is 10.0 Å². The van der Waals surface area contributed by atoms with Crippen LogP contribution < -0.4 is 4.72 Å². The molecule has 22 heavy (non-hydrogen) atoms. The van der Waals surface area contributed by atoms with Crippen molar-refractivity contribution in [2.45, 2.75) is 11.4 Å². The number of anilines is 1. The van der Waals surface area contributed by atoms with E-state index in [-0.39, 0.29) is 4.90 Å². The Bertz CT molecular complexity index is 707. The molecule has 2 aromatic rings. The molecule has 1 aliphatic heterocycles. The summed E-state index contributed by atoms with van der Waals surface area (Å²) in [6, 6.07) is 8.85. The number of ether oxygens (including phenoxy) is 1. The van der Waals surface area contributed by atoms with E-state index in [2.05, 4.69) is 9.62 Å². The Morgan fingerprint density at radius 2 is 2.00 bits per heavy atom. The van der Waals surface area contributed by atoms with Gasteiger partial charge in [0, 0.05) is 25.3 Å². The van der Waals surface area contributed by atoms with Gasteiger partial charge >= 0.3 is 0 Å². The van der Waals surface area contributed by atoms with Crippen LogP contribution in [0.4, 0.5) is 5.69 Å². The van der Waals surface area contributed by atoms with Crippen LogP contribution in [0.25, 0.3) is 0 Å². The fraction of sp³-hybridized carbons (Fsp3) is 0.333. The van der Waals surface area contributed by atoms with Gasteiger partial charge in [0.05, 0.1) is 19.5 Å². The highest BCUT2D eigenvalue weighted by Gasteiger charge is 2.16. The van der Waals surface area contributed by atoms with Gasteiger partial charge in [0.25, 0.3) is 10.0 Å². The molecule has 7 heteroatoms. The number of rotatable bonds is 5. The minimum atomic E-state index is -3.60. The van der Waals surface area contributed by atoms with Crippen molar-refractivity contribution in [1.29, 1.82) is 0 Å². The molecule has 2 heterocycles. The number of sulfonamides is 1. The van der Waals surface area contributed by atoms with Crippen LogP contribution in [-0.4, -0.2) is 39.6 Å². The summed E-state index contributed by atoms with van der Waals surface area (Å²) in [7, 11) is -3.60. The van der Waals surface area contributed by atoms with E-state index in [1.807, 2.05) is 18.2 Å². The standard InChI is InChI=1S/C15H18N2O4S/c18-22(19,15-4-7-21-12-15)16-14-3-1-2-13(10-14)11-17-5-8-20-9-6-17/h1-4,7,10,12,16H,5-6,8-9,11H2. The average molecular weight is 322 g/mol. The normalized spacial score (nSPS) is 16.5. The second kappa shape index (κ2) is 6.51. The van der Waals surface area contributed by atoms with Crippen molar-refractivity contribution < 1.29 is 17.6 Å². The highest BCUT2D eigenvalue weighted by Crippen LogP contribution is 2.18. The smallest absolute Gasteiger partial charge is 0.265 e. The molecule has 0 atom stereocenters. The quantitative estimate of drug-likeness (QED) is 0.910. The zero-order valence-corrected chi connectivity index (χ0v) is 12.9. The predicted molar refractivity (Wildman–Crippen MR) is 82.1 cm³/mol. The van der Waals surface area contributed by atoms with Crippen molar-refractivity contribution in [3.8, 4) is 0 Å². The van der Waals surface area contributed by atoms with Gasteiger partial charge in [-0.15, -0.1) is 0 Å². The Balaban J connectivity index is 1.71. The van der Waals surface area contributed by atoms with Crippen molar-refractivity contribution in [2.75, 3.05) is 31.0 Å². The van der Waals surface area contributed by atoms with Crippen molar-refractivity contribution in [2.24, 2.45) is 0 Å². The molecule has 0 amide bonds. The van der Waals surface area contributed by atoms with Crippen LogP contribution in [0, 0.1) is 0 Å². The average Bonchev–Trinajstić information content (AvgIpc) is 3.03. The Labute approximate surface area is 129 Å². The van der Waals surface area contributed by atoms with E-state index in [1.165, 1.54) is 18.6 Å². The van der Waals surface area contributed by atoms with Crippen molar-refractivity contribution in [3.63, 3.8) is 0 Å². The molecular weight excluding hydrogens is 304 g/mol. The summed E-state index contributed by atoms with van der Waals surface area (Å²) in [5.41, 5.74) is 1.61. The van der Waals surface area contributed by atoms with Gasteiger partial charge in [-0.3, -0.25) is 9.62 Å². The lowest BCUT2D eigenvalue weighted by atomic mass is 10.2. The minimum Gasteiger partial charge on any atom is -0.471 e. The van der Waals surface area contributed by atoms with Crippen LogP contribution in [0.15, 0.2) is 52.2 Å². The molecule has 1 fully saturated rings. The number of nitrogens with zero attached hydrogens (tertiary/aromatic N) is 1. The molecule has 0 saturated carbocycles. The molecule has 1 aromatic heterocycles. The maximum absolute atomic E-state index is 12.2. The second-order valence-electron chi connectivity index (χ2n) is 5.15. The van der Waals surface area contributed by atoms with E-state index in [1.54, 1.807) is 6.07 Å². The van der Waals surface area contributed by atoms with Crippen LogP contribution in [0.3, 0.4) is 0 Å². The monoisotopic (exact) mass is 322 g/mol. The molecule has 3 rings (SSSR count). The van der Waals surface area contributed by atoms with E-state index >= 15 is 0 Å². The Kier molecular flexibility index (Phi) is 4.47. The number of hydrogen-bond acceptors (Lipinski definition) is 5. The molecule has 1 saturated heterocycles. The van der Waals surface area contributed by atoms with Gasteiger partial charge in [0.2, 0.25) is 0 Å². The molecule has 1 aromatic carbocycles. The largest absolute Gasteiger partial charge is 0.471 e. The van der Waals surface area contributed by atoms with Gasteiger partial charge < -0.3 is 9.15 Å². The molecule has 1 N–H and O–H groups in total. The van der Waals surface area contributed by atoms with Crippen molar-refractivity contribution in [3.05, 3.63) is 48.4 Å². The topological polar surface area (TPSA) is 71.8 Å². The van der Waals surface area contributed by atoms with Gasteiger partial charge in [-0.2, -0.15) is 0 Å². The van der Waals surface area contributed by atoms with Crippen LogP contribution in [0.2, 0.25) is 0 Å². The SMILES string of the molecule is O=S(=O)(Nc1cccc(CN2CCOCC2)c1)c1ccoc1. The van der Waals surface area contributed by atoms with Crippen LogP contribution >= 0.6 is 0 Å². The van der Waals surface area contributed by atoms with Gasteiger partial charge in [0.15, 0.2) is 0 Å². The fourth-order valence-corrected chi connectivity index (χ4v) is 3.34. The van der Waals surface area contributed by atoms with Crippen LogP contribution in [-0.2, 0) is 21.3 Å². The third kappa shape index (κ3) is 3.68. The first-order chi connectivity index (χ1) is 10.6. The summed E-state index contributed by atoms with van der Waals surface area (Å²) in [6.07, 6.45) is 2.54. The maximum Gasteiger partial charge on any atom is 0.265 e. The van der Waals surface area contributed by atoms with Gasteiger partial charge in [-0.25, -0.2) is 8.42 Å². The summed E-state index contributed by atoms with van der Waals surface area (Å²) < 4.78 is 37.1. The third-order valence-corrected chi connectivity index (χ3v) is 4.85. The molecule has 0 radical (unpaired) electrons. The fourth-order valence-electron chi connectivity index (χ4n) is 2.37. The van der Waals surface area contributed by atoms with Gasteiger partial charge in [0.1, 0.15) is 11.2 Å². The number of morpholine rings is 1. The molecular formula is C15H18N2O4S. The first kappa shape index (κ1) is 15.1. The summed E-state index contributed by atoms with van der Waals surface area (Å²) >= 11 is 0. The van der Waals surface area contributed by atoms with E-state index in [9.17, 15) is 8.42 Å². The predicted octanol–water partition coefficient (Wildman–Crippen LogP) is 1.91. The molecule has 0 aliphatic carbocycles. The highest BCUT2D eigenvalue weighted by atomic mass is 32.2. The maximum atomic E-state index is 12.2. The molecule has 0 bridgehead atoms. The Morgan fingerprint density at radius 3 is 2.73 bits per heavy atom. The first-order valence-corrected chi connectivity index (χ1v) is 8.56. The lowest BCUT2D eigenvalue weighted by Crippen LogP contribution is -2.35. The zero-order valence-electron chi connectivity index (χ0n) is 12.1. The number of furan rings is 1. The van der Waals surface area contributed by atoms with Crippen LogP contribution in [0.5, 0.6) is 0 Å². The molecule has 6 nitrogen and oxygen atoms in total. The highest BCUT2D eigenvalue weighted by molar-refractivity contribution is 7.92. The van der Waals surface area contributed by atoms with E-state index in [4.69, 9.17) is 9.15 Å². The van der Waals surface area contributed by atoms with Gasteiger partial charge in [-0.1, -0.05) is 12.1 Å². The lowest BCUT2D eigenvalue weighted by Gasteiger charge is -2.26. The summed E-state index contributed by atoms with van der Waals surface area (Å²) in [5, 5.41) is 0. The van der Waals surface area contributed by atoms with Crippen molar-refractivity contribution >= 4 is 15.7 Å². The summed E-state index contributed by atoms with van der Waals surface area (Å²) in [6.45, 7) is 4.06. The number of hydrogen-bond donors (Lipinski definition) is 1. The summed E-state index contributed by atoms with van der Waals surface area (Å²) in [5.74, 6) is 0. The Hall–Kier alpha value is -1.83. The third-order valence-electron chi connectivity index (χ3n) is 3.49. The van der Waals surface area contributed by atoms with Crippen LogP contribution in [0.1, 0.15) is 5.56 Å². The van der Waals surface area contributed by atoms with E-state index in [0.29, 0.717) is 5.69 Å². The Morgan fingerprint density at radius 1 is 1.18 bits per heavy atom. The molecule has 0 unspecified atom stereocenters. The summed E-state index contributed by atoms with van der Waals surface area (Å²) in [4.78, 5) is 2.40. The zero-order chi connectivity index (χ0) is 15.4. The minimum absolute atomic E-state index is 0.117. The lowest BCUT2D eigenvalue weighted by molar-refractivity contribution is 0.0342. The van der Waals surface area contributed by atoms with Gasteiger partial charge in [-0.05, 0) is 23.8 Å². The number of benzene rings is 1. The first-order valence-electron chi connectivity index (χ1n) is 7.07. The second-order valence-corrected chi connectivity index (χ2v) is 6.84. The number of nitrogens with one attached hydrogen (secondary N) is 1.